The van der Waals surface area contributed by atoms with Crippen LogP contribution in [0.3, 0.4) is 0 Å². The van der Waals surface area contributed by atoms with E-state index in [0.29, 0.717) is 11.6 Å². The SMILES string of the molecule is COc1ccc2cc([C@H]3CC(c4cccs4)=NN3C(C)=O)c(Cl)nc2c1. The van der Waals surface area contributed by atoms with Crippen molar-refractivity contribution in [3.05, 3.63) is 57.4 Å². The summed E-state index contributed by atoms with van der Waals surface area (Å²) in [5.41, 5.74) is 2.45. The van der Waals surface area contributed by atoms with E-state index in [9.17, 15) is 4.79 Å². The predicted octanol–water partition coefficient (Wildman–Crippen LogP) is 4.66. The number of hydrogen-bond donors (Lipinski definition) is 0. The van der Waals surface area contributed by atoms with Crippen LogP contribution in [0.1, 0.15) is 29.8 Å². The number of ether oxygens (including phenoxy) is 1. The van der Waals surface area contributed by atoms with Crippen molar-refractivity contribution in [3.8, 4) is 5.75 Å². The maximum absolute atomic E-state index is 12.1. The number of hydrazone groups is 1. The van der Waals surface area contributed by atoms with Crippen molar-refractivity contribution < 1.29 is 9.53 Å². The van der Waals surface area contributed by atoms with E-state index in [1.165, 1.54) is 11.9 Å². The first-order valence-electron chi connectivity index (χ1n) is 8.12. The summed E-state index contributed by atoms with van der Waals surface area (Å²) >= 11 is 8.09. The molecule has 1 aliphatic heterocycles. The van der Waals surface area contributed by atoms with Crippen molar-refractivity contribution >= 4 is 45.5 Å². The molecule has 1 amide bonds. The zero-order valence-corrected chi connectivity index (χ0v) is 15.8. The minimum absolute atomic E-state index is 0.118. The van der Waals surface area contributed by atoms with Crippen molar-refractivity contribution in [2.75, 3.05) is 7.11 Å². The normalized spacial score (nSPS) is 16.8. The van der Waals surface area contributed by atoms with Gasteiger partial charge in [-0.2, -0.15) is 5.10 Å². The van der Waals surface area contributed by atoms with Gasteiger partial charge in [0.15, 0.2) is 0 Å². The van der Waals surface area contributed by atoms with Crippen LogP contribution in [-0.4, -0.2) is 28.7 Å². The lowest BCUT2D eigenvalue weighted by molar-refractivity contribution is -0.130. The van der Waals surface area contributed by atoms with Crippen LogP contribution >= 0.6 is 22.9 Å². The molecule has 4 rings (SSSR count). The van der Waals surface area contributed by atoms with Gasteiger partial charge in [-0.05, 0) is 29.6 Å². The molecule has 0 radical (unpaired) electrons. The van der Waals surface area contributed by atoms with Crippen LogP contribution in [0.25, 0.3) is 10.9 Å². The Morgan fingerprint density at radius 3 is 2.88 bits per heavy atom. The Morgan fingerprint density at radius 1 is 1.35 bits per heavy atom. The van der Waals surface area contributed by atoms with Gasteiger partial charge < -0.3 is 4.74 Å². The molecule has 1 aromatic carbocycles. The van der Waals surface area contributed by atoms with Crippen molar-refractivity contribution in [3.63, 3.8) is 0 Å². The summed E-state index contributed by atoms with van der Waals surface area (Å²) in [6.07, 6.45) is 0.614. The second-order valence-electron chi connectivity index (χ2n) is 6.03. The predicted molar refractivity (Wildman–Crippen MR) is 104 cm³/mol. The van der Waals surface area contributed by atoms with Gasteiger partial charge >= 0.3 is 0 Å². The maximum atomic E-state index is 12.1. The molecule has 1 aliphatic rings. The summed E-state index contributed by atoms with van der Waals surface area (Å²) in [5.74, 6) is 0.607. The van der Waals surface area contributed by atoms with Gasteiger partial charge in [-0.25, -0.2) is 9.99 Å². The Kier molecular flexibility index (Phi) is 4.38. The number of halogens is 1. The molecule has 3 heterocycles. The molecule has 0 N–H and O–H groups in total. The van der Waals surface area contributed by atoms with Gasteiger partial charge in [-0.15, -0.1) is 11.3 Å². The van der Waals surface area contributed by atoms with E-state index < -0.39 is 0 Å². The van der Waals surface area contributed by atoms with E-state index in [1.54, 1.807) is 18.4 Å². The van der Waals surface area contributed by atoms with Crippen LogP contribution in [0.2, 0.25) is 5.15 Å². The number of thiophene rings is 1. The molecule has 0 unspecified atom stereocenters. The van der Waals surface area contributed by atoms with Crippen molar-refractivity contribution in [1.82, 2.24) is 9.99 Å². The molecule has 132 valence electrons. The minimum atomic E-state index is -0.254. The first-order valence-corrected chi connectivity index (χ1v) is 9.38. The highest BCUT2D eigenvalue weighted by atomic mass is 35.5. The van der Waals surface area contributed by atoms with Gasteiger partial charge in [0, 0.05) is 30.4 Å². The number of pyridine rings is 1. The Balaban J connectivity index is 1.76. The summed E-state index contributed by atoms with van der Waals surface area (Å²) < 4.78 is 5.24. The largest absolute Gasteiger partial charge is 0.497 e. The Labute approximate surface area is 159 Å². The number of benzene rings is 1. The second kappa shape index (κ2) is 6.70. The number of carbonyl (C=O) groups is 1. The summed E-state index contributed by atoms with van der Waals surface area (Å²) in [6, 6.07) is 11.4. The first kappa shape index (κ1) is 17.0. The van der Waals surface area contributed by atoms with Crippen molar-refractivity contribution in [1.29, 1.82) is 0 Å². The summed E-state index contributed by atoms with van der Waals surface area (Å²) in [4.78, 5) is 17.7. The van der Waals surface area contributed by atoms with E-state index in [-0.39, 0.29) is 11.9 Å². The minimum Gasteiger partial charge on any atom is -0.497 e. The molecule has 0 saturated heterocycles. The lowest BCUT2D eigenvalue weighted by Gasteiger charge is -2.21. The van der Waals surface area contributed by atoms with E-state index >= 15 is 0 Å². The number of amides is 1. The van der Waals surface area contributed by atoms with Crippen LogP contribution < -0.4 is 4.74 Å². The van der Waals surface area contributed by atoms with E-state index in [2.05, 4.69) is 10.1 Å². The molecule has 7 heteroatoms. The van der Waals surface area contributed by atoms with E-state index in [1.807, 2.05) is 41.8 Å². The highest BCUT2D eigenvalue weighted by molar-refractivity contribution is 7.12. The number of nitrogens with zero attached hydrogens (tertiary/aromatic N) is 3. The Bertz CT molecular complexity index is 1020. The van der Waals surface area contributed by atoms with Gasteiger partial charge in [-0.1, -0.05) is 17.7 Å². The number of methoxy groups -OCH3 is 1. The summed E-state index contributed by atoms with van der Waals surface area (Å²) in [5, 5.41) is 9.37. The third-order valence-electron chi connectivity index (χ3n) is 4.40. The first-order chi connectivity index (χ1) is 12.6. The van der Waals surface area contributed by atoms with Gasteiger partial charge in [0.1, 0.15) is 10.9 Å². The highest BCUT2D eigenvalue weighted by Crippen LogP contribution is 2.38. The zero-order valence-electron chi connectivity index (χ0n) is 14.3. The molecule has 26 heavy (non-hydrogen) atoms. The van der Waals surface area contributed by atoms with Crippen molar-refractivity contribution in [2.45, 2.75) is 19.4 Å². The molecule has 0 aliphatic carbocycles. The van der Waals surface area contributed by atoms with E-state index in [0.717, 1.165) is 32.8 Å². The molecular formula is C19H16ClN3O2S. The molecule has 0 fully saturated rings. The van der Waals surface area contributed by atoms with Crippen LogP contribution in [0.15, 0.2) is 46.9 Å². The van der Waals surface area contributed by atoms with Gasteiger partial charge in [0.05, 0.1) is 29.3 Å². The van der Waals surface area contributed by atoms with Crippen molar-refractivity contribution in [2.24, 2.45) is 5.10 Å². The lowest BCUT2D eigenvalue weighted by Crippen LogP contribution is -2.24. The zero-order chi connectivity index (χ0) is 18.3. The van der Waals surface area contributed by atoms with Crippen LogP contribution in [0.5, 0.6) is 5.75 Å². The fraction of sp³-hybridized carbons (Fsp3) is 0.211. The van der Waals surface area contributed by atoms with E-state index in [4.69, 9.17) is 16.3 Å². The second-order valence-corrected chi connectivity index (χ2v) is 7.34. The van der Waals surface area contributed by atoms with Gasteiger partial charge in [0.2, 0.25) is 5.91 Å². The molecular weight excluding hydrogens is 370 g/mol. The molecule has 5 nitrogen and oxygen atoms in total. The number of carbonyl (C=O) groups excluding carboxylic acids is 1. The fourth-order valence-electron chi connectivity index (χ4n) is 3.13. The lowest BCUT2D eigenvalue weighted by atomic mass is 10.0. The monoisotopic (exact) mass is 385 g/mol. The van der Waals surface area contributed by atoms with Gasteiger partial charge in [0.25, 0.3) is 0 Å². The number of rotatable bonds is 3. The summed E-state index contributed by atoms with van der Waals surface area (Å²) in [6.45, 7) is 1.51. The average Bonchev–Trinajstić information content (AvgIpc) is 3.30. The highest BCUT2D eigenvalue weighted by Gasteiger charge is 2.33. The number of aromatic nitrogens is 1. The molecule has 1 atom stereocenters. The molecule has 0 bridgehead atoms. The third kappa shape index (κ3) is 2.95. The summed E-state index contributed by atoms with van der Waals surface area (Å²) in [7, 11) is 1.61. The Hall–Kier alpha value is -2.44. The number of fused-ring (bicyclic) bond motifs is 1. The molecule has 0 spiro atoms. The average molecular weight is 386 g/mol. The number of hydrogen-bond acceptors (Lipinski definition) is 5. The van der Waals surface area contributed by atoms with Crippen LogP contribution in [0, 0.1) is 0 Å². The topological polar surface area (TPSA) is 54.8 Å². The quantitative estimate of drug-likeness (QED) is 0.616. The van der Waals surface area contributed by atoms with Crippen LogP contribution in [-0.2, 0) is 4.79 Å². The maximum Gasteiger partial charge on any atom is 0.240 e. The van der Waals surface area contributed by atoms with Gasteiger partial charge in [-0.3, -0.25) is 4.79 Å². The fourth-order valence-corrected chi connectivity index (χ4v) is 4.13. The molecule has 2 aromatic heterocycles. The molecule has 3 aromatic rings. The third-order valence-corrected chi connectivity index (χ3v) is 5.62. The standard InChI is InChI=1S/C19H16ClN3O2S/c1-11(24)23-17(10-16(22-23)18-4-3-7-26-18)14-8-12-5-6-13(25-2)9-15(12)21-19(14)20/h3-9,17H,10H2,1-2H3/t17-/m1/s1. The smallest absolute Gasteiger partial charge is 0.240 e. The molecule has 0 saturated carbocycles. The van der Waals surface area contributed by atoms with Crippen LogP contribution in [0.4, 0.5) is 0 Å². The Morgan fingerprint density at radius 2 is 2.19 bits per heavy atom.